The first-order valence-electron chi connectivity index (χ1n) is 10.8. The van der Waals surface area contributed by atoms with Crippen molar-refractivity contribution in [1.82, 2.24) is 0 Å². The van der Waals surface area contributed by atoms with E-state index in [9.17, 15) is 5.11 Å². The Morgan fingerprint density at radius 3 is 2.14 bits per heavy atom. The van der Waals surface area contributed by atoms with E-state index >= 15 is 0 Å². The number of aliphatic hydroxyl groups excluding tert-OH is 1. The number of benzene rings is 2. The number of aliphatic hydroxyl groups is 1. The van der Waals surface area contributed by atoms with Crippen LogP contribution >= 0.6 is 0 Å². The Kier molecular flexibility index (Phi) is 4.25. The lowest BCUT2D eigenvalue weighted by Crippen LogP contribution is -2.42. The minimum absolute atomic E-state index is 0.152. The van der Waals surface area contributed by atoms with Gasteiger partial charge in [-0.1, -0.05) is 67.8 Å². The average Bonchev–Trinajstić information content (AvgIpc) is 3.13. The first kappa shape index (κ1) is 18.7. The molecule has 2 aliphatic heterocycles. The molecule has 2 fully saturated rings. The van der Waals surface area contributed by atoms with Gasteiger partial charge in [0.15, 0.2) is 5.54 Å². The van der Waals surface area contributed by atoms with Crippen LogP contribution < -0.4 is 4.90 Å². The monoisotopic (exact) mass is 390 g/mol. The summed E-state index contributed by atoms with van der Waals surface area (Å²) in [4.78, 5) is 7.45. The number of hydrogen-bond acceptors (Lipinski definition) is 4. The van der Waals surface area contributed by atoms with Gasteiger partial charge >= 0.3 is 0 Å². The molecule has 4 heteroatoms. The molecule has 152 valence electrons. The number of nitrogens with zero attached hydrogens (tertiary/aromatic N) is 2. The summed E-state index contributed by atoms with van der Waals surface area (Å²) in [5.41, 5.74) is 0.997. The van der Waals surface area contributed by atoms with Crippen molar-refractivity contribution in [1.29, 1.82) is 0 Å². The molecule has 4 nitrogen and oxygen atoms in total. The number of para-hydroxylation sites is 1. The molecule has 0 unspecified atom stereocenters. The van der Waals surface area contributed by atoms with Crippen molar-refractivity contribution in [3.63, 3.8) is 0 Å². The zero-order valence-corrected chi connectivity index (χ0v) is 17.3. The van der Waals surface area contributed by atoms with E-state index in [0.29, 0.717) is 12.5 Å². The van der Waals surface area contributed by atoms with E-state index in [0.717, 1.165) is 24.1 Å². The maximum absolute atomic E-state index is 11.9. The fraction of sp³-hybridized carbons (Fsp3) is 0.480. The summed E-state index contributed by atoms with van der Waals surface area (Å²) in [6.45, 7) is 4.76. The quantitative estimate of drug-likeness (QED) is 0.756. The second-order valence-electron chi connectivity index (χ2n) is 9.36. The molecule has 2 heterocycles. The minimum Gasteiger partial charge on any atom is -0.477 e. The Bertz CT molecular complexity index is 903. The van der Waals surface area contributed by atoms with Crippen LogP contribution in [0.1, 0.15) is 57.6 Å². The smallest absolute Gasteiger partial charge is 0.216 e. The van der Waals surface area contributed by atoms with E-state index in [4.69, 9.17) is 9.73 Å². The van der Waals surface area contributed by atoms with Gasteiger partial charge in [-0.2, -0.15) is 0 Å². The predicted molar refractivity (Wildman–Crippen MR) is 116 cm³/mol. The first-order chi connectivity index (χ1) is 14.0. The summed E-state index contributed by atoms with van der Waals surface area (Å²) < 4.78 is 6.27. The molecule has 2 aromatic carbocycles. The molecule has 0 radical (unpaired) electrons. The largest absolute Gasteiger partial charge is 0.477 e. The van der Waals surface area contributed by atoms with Gasteiger partial charge in [0.05, 0.1) is 11.1 Å². The van der Waals surface area contributed by atoms with Gasteiger partial charge in [-0.05, 0) is 44.4 Å². The fourth-order valence-electron chi connectivity index (χ4n) is 5.69. The molecule has 0 aromatic heterocycles. The van der Waals surface area contributed by atoms with Crippen molar-refractivity contribution in [2.45, 2.75) is 68.7 Å². The first-order valence-corrected chi connectivity index (χ1v) is 10.8. The Balaban J connectivity index is 1.71. The molecule has 0 amide bonds. The lowest BCUT2D eigenvalue weighted by atomic mass is 9.75. The normalized spacial score (nSPS) is 28.0. The third-order valence-corrected chi connectivity index (χ3v) is 6.94. The van der Waals surface area contributed by atoms with Crippen LogP contribution in [-0.2, 0) is 4.74 Å². The van der Waals surface area contributed by atoms with Gasteiger partial charge in [-0.3, -0.25) is 0 Å². The van der Waals surface area contributed by atoms with Crippen LogP contribution in [0.5, 0.6) is 0 Å². The molecule has 1 saturated carbocycles. The third kappa shape index (κ3) is 2.65. The molecular formula is C25H30N2O2. The summed E-state index contributed by atoms with van der Waals surface area (Å²) >= 11 is 0. The van der Waals surface area contributed by atoms with Crippen LogP contribution in [0.3, 0.4) is 0 Å². The van der Waals surface area contributed by atoms with Crippen LogP contribution in [-0.4, -0.2) is 34.2 Å². The number of anilines is 1. The lowest BCUT2D eigenvalue weighted by Gasteiger charge is -2.28. The summed E-state index contributed by atoms with van der Waals surface area (Å²) in [5.74, 6) is 0.713. The van der Waals surface area contributed by atoms with Crippen molar-refractivity contribution in [2.24, 2.45) is 4.99 Å². The van der Waals surface area contributed by atoms with E-state index in [1.807, 2.05) is 36.4 Å². The van der Waals surface area contributed by atoms with E-state index < -0.39 is 11.6 Å². The van der Waals surface area contributed by atoms with E-state index in [-0.39, 0.29) is 11.1 Å². The number of hydrogen-bond donors (Lipinski definition) is 1. The molecule has 3 aliphatic rings. The van der Waals surface area contributed by atoms with Gasteiger partial charge in [0.25, 0.3) is 0 Å². The number of ether oxygens (including phenoxy) is 1. The van der Waals surface area contributed by atoms with Gasteiger partial charge in [0.2, 0.25) is 5.90 Å². The van der Waals surface area contributed by atoms with Crippen molar-refractivity contribution < 1.29 is 9.84 Å². The molecule has 1 N–H and O–H groups in total. The summed E-state index contributed by atoms with van der Waals surface area (Å²) in [5, 5.41) is 11.9. The van der Waals surface area contributed by atoms with Crippen LogP contribution in [0.4, 0.5) is 5.69 Å². The van der Waals surface area contributed by atoms with Crippen LogP contribution in [0.2, 0.25) is 0 Å². The molecule has 1 aliphatic carbocycles. The molecule has 1 spiro atoms. The van der Waals surface area contributed by atoms with Crippen molar-refractivity contribution in [2.75, 3.05) is 11.5 Å². The molecule has 2 aromatic rings. The third-order valence-electron chi connectivity index (χ3n) is 6.94. The number of aliphatic imine (C=N–C) groups is 1. The Labute approximate surface area is 173 Å². The Morgan fingerprint density at radius 2 is 1.55 bits per heavy atom. The molecular weight excluding hydrogens is 360 g/mol. The Morgan fingerprint density at radius 1 is 0.931 bits per heavy atom. The van der Waals surface area contributed by atoms with Crippen molar-refractivity contribution in [3.05, 3.63) is 66.2 Å². The lowest BCUT2D eigenvalue weighted by molar-refractivity contribution is 0.130. The van der Waals surface area contributed by atoms with Gasteiger partial charge in [-0.25, -0.2) is 4.99 Å². The van der Waals surface area contributed by atoms with E-state index in [1.165, 1.54) is 19.3 Å². The van der Waals surface area contributed by atoms with E-state index in [2.05, 4.69) is 43.0 Å². The molecule has 2 atom stereocenters. The molecule has 0 bridgehead atoms. The van der Waals surface area contributed by atoms with Gasteiger partial charge < -0.3 is 14.7 Å². The van der Waals surface area contributed by atoms with Crippen LogP contribution in [0.15, 0.2) is 65.7 Å². The molecule has 5 rings (SSSR count). The van der Waals surface area contributed by atoms with Crippen molar-refractivity contribution >= 4 is 11.6 Å². The average molecular weight is 391 g/mol. The van der Waals surface area contributed by atoms with Gasteiger partial charge in [0.1, 0.15) is 12.7 Å². The highest BCUT2D eigenvalue weighted by atomic mass is 16.5. The summed E-state index contributed by atoms with van der Waals surface area (Å²) in [6, 6.07) is 20.5. The molecule has 1 saturated heterocycles. The van der Waals surface area contributed by atoms with Crippen LogP contribution in [0, 0.1) is 0 Å². The van der Waals surface area contributed by atoms with E-state index in [1.54, 1.807) is 0 Å². The fourth-order valence-corrected chi connectivity index (χ4v) is 5.69. The topological polar surface area (TPSA) is 44.8 Å². The standard InChI is InChI=1S/C25H30N2O2/c1-23(2)18-29-22(26-23)25(21(28)19-12-6-3-7-13-19)24(16-10-5-11-17-24)27(25)20-14-8-4-9-15-20/h3-4,6-9,12-15,21,28H,5,10-11,16-18H2,1-2H3/t21-,25+,27?/m0/s1. The zero-order chi connectivity index (χ0) is 20.1. The minimum atomic E-state index is -0.699. The predicted octanol–water partition coefficient (Wildman–Crippen LogP) is 4.89. The van der Waals surface area contributed by atoms with Crippen molar-refractivity contribution in [3.8, 4) is 0 Å². The van der Waals surface area contributed by atoms with Gasteiger partial charge in [-0.15, -0.1) is 0 Å². The number of rotatable bonds is 4. The maximum Gasteiger partial charge on any atom is 0.216 e. The Hall–Kier alpha value is -2.33. The SMILES string of the molecule is CC1(C)COC([C@@]2([C@@H](O)c3ccccc3)N(c3ccccc3)C23CCCCC3)=N1. The van der Waals surface area contributed by atoms with Gasteiger partial charge in [0, 0.05) is 5.69 Å². The summed E-state index contributed by atoms with van der Waals surface area (Å²) in [7, 11) is 0. The highest BCUT2D eigenvalue weighted by Crippen LogP contribution is 2.67. The summed E-state index contributed by atoms with van der Waals surface area (Å²) in [6.07, 6.45) is 4.99. The van der Waals surface area contributed by atoms with Crippen LogP contribution in [0.25, 0.3) is 0 Å². The maximum atomic E-state index is 11.9. The highest BCUT2D eigenvalue weighted by molar-refractivity contribution is 6.02. The second kappa shape index (κ2) is 6.60. The highest BCUT2D eigenvalue weighted by Gasteiger charge is 2.81. The zero-order valence-electron chi connectivity index (χ0n) is 17.3. The molecule has 29 heavy (non-hydrogen) atoms. The second-order valence-corrected chi connectivity index (χ2v) is 9.36.